The molecule has 0 heterocycles. The van der Waals surface area contributed by atoms with Crippen LogP contribution in [0.5, 0.6) is 0 Å². The summed E-state index contributed by atoms with van der Waals surface area (Å²) in [4.78, 5) is 11.8. The highest BCUT2D eigenvalue weighted by molar-refractivity contribution is 7.91. The van der Waals surface area contributed by atoms with Gasteiger partial charge in [0.2, 0.25) is 15.9 Å². The van der Waals surface area contributed by atoms with E-state index in [1.165, 1.54) is 24.3 Å². The minimum absolute atomic E-state index is 0.110. The third-order valence-corrected chi connectivity index (χ3v) is 5.77. The van der Waals surface area contributed by atoms with Crippen molar-refractivity contribution in [2.45, 2.75) is 10.6 Å². The molecule has 0 radical (unpaired) electrons. The number of hydrogen-bond donors (Lipinski definition) is 2. The van der Waals surface area contributed by atoms with E-state index in [1.54, 1.807) is 24.3 Å². The van der Waals surface area contributed by atoms with Crippen molar-refractivity contribution in [1.29, 1.82) is 0 Å². The molecule has 1 amide bonds. The van der Waals surface area contributed by atoms with Crippen LogP contribution in [-0.4, -0.2) is 28.5 Å². The number of carbonyl (C=O) groups excluding carboxylic acids is 1. The fraction of sp³-hybridized carbons (Fsp3) is 0.133. The molecule has 0 spiro atoms. The number of hydrogen-bond acceptors (Lipinski definition) is 5. The topological polar surface area (TPSA) is 123 Å². The van der Waals surface area contributed by atoms with E-state index in [0.29, 0.717) is 10.6 Å². The van der Waals surface area contributed by atoms with Crippen LogP contribution < -0.4 is 10.5 Å². The van der Waals surface area contributed by atoms with Crippen molar-refractivity contribution in [3.63, 3.8) is 0 Å². The van der Waals surface area contributed by atoms with E-state index in [2.05, 4.69) is 5.32 Å². The zero-order valence-corrected chi connectivity index (χ0v) is 15.2. The predicted octanol–water partition coefficient (Wildman–Crippen LogP) is 1.54. The van der Waals surface area contributed by atoms with E-state index >= 15 is 0 Å². The molecule has 0 saturated carbocycles. The van der Waals surface area contributed by atoms with Crippen LogP contribution in [0.1, 0.15) is 5.56 Å². The molecule has 0 aliphatic carbocycles. The van der Waals surface area contributed by atoms with Crippen LogP contribution in [0, 0.1) is 0 Å². The summed E-state index contributed by atoms with van der Waals surface area (Å²) in [6.07, 6.45) is 0. The Hall–Kier alpha value is -1.94. The second-order valence-electron chi connectivity index (χ2n) is 5.28. The normalized spacial score (nSPS) is 11.9. The van der Waals surface area contributed by atoms with E-state index in [-0.39, 0.29) is 16.3 Å². The lowest BCUT2D eigenvalue weighted by atomic mass is 10.2. The highest BCUT2D eigenvalue weighted by atomic mass is 35.5. The van der Waals surface area contributed by atoms with E-state index < -0.39 is 31.5 Å². The first-order valence-corrected chi connectivity index (χ1v) is 10.7. The third-order valence-electron chi connectivity index (χ3n) is 3.12. The lowest BCUT2D eigenvalue weighted by molar-refractivity contribution is -0.113. The fourth-order valence-corrected chi connectivity index (χ4v) is 3.93. The molecular formula is C15H15ClN2O5S2. The first kappa shape index (κ1) is 19.4. The van der Waals surface area contributed by atoms with Gasteiger partial charge in [0.1, 0.15) is 5.75 Å². The number of anilines is 1. The number of nitrogens with two attached hydrogens (primary N) is 1. The molecule has 0 bridgehead atoms. The van der Waals surface area contributed by atoms with Gasteiger partial charge in [0.25, 0.3) is 0 Å². The van der Waals surface area contributed by atoms with Crippen molar-refractivity contribution >= 4 is 43.1 Å². The number of carbonyl (C=O) groups is 1. The Balaban J connectivity index is 2.00. The molecule has 2 aromatic rings. The lowest BCUT2D eigenvalue weighted by Gasteiger charge is -2.07. The average molecular weight is 403 g/mol. The van der Waals surface area contributed by atoms with Crippen molar-refractivity contribution in [3.05, 3.63) is 59.1 Å². The van der Waals surface area contributed by atoms with Gasteiger partial charge in [-0.3, -0.25) is 4.79 Å². The van der Waals surface area contributed by atoms with Crippen LogP contribution in [0.25, 0.3) is 0 Å². The maximum atomic E-state index is 12.1. The van der Waals surface area contributed by atoms with Crippen molar-refractivity contribution in [1.82, 2.24) is 0 Å². The van der Waals surface area contributed by atoms with Gasteiger partial charge in [-0.2, -0.15) is 0 Å². The van der Waals surface area contributed by atoms with E-state index in [9.17, 15) is 21.6 Å². The van der Waals surface area contributed by atoms with Crippen LogP contribution >= 0.6 is 11.6 Å². The molecule has 0 unspecified atom stereocenters. The zero-order chi connectivity index (χ0) is 18.7. The van der Waals surface area contributed by atoms with Gasteiger partial charge in [0, 0.05) is 10.7 Å². The van der Waals surface area contributed by atoms with Crippen LogP contribution in [0.4, 0.5) is 5.69 Å². The maximum absolute atomic E-state index is 12.1. The summed E-state index contributed by atoms with van der Waals surface area (Å²) in [6, 6.07) is 11.4. The highest BCUT2D eigenvalue weighted by Crippen LogP contribution is 2.14. The molecule has 0 aromatic heterocycles. The van der Waals surface area contributed by atoms with Gasteiger partial charge in [-0.05, 0) is 42.0 Å². The summed E-state index contributed by atoms with van der Waals surface area (Å²) < 4.78 is 46.5. The third kappa shape index (κ3) is 6.13. The number of rotatable bonds is 6. The summed E-state index contributed by atoms with van der Waals surface area (Å²) in [7, 11) is -7.50. The van der Waals surface area contributed by atoms with Crippen LogP contribution in [-0.2, 0) is 30.4 Å². The Morgan fingerprint density at radius 3 is 2.04 bits per heavy atom. The number of sulfone groups is 1. The average Bonchev–Trinajstić information content (AvgIpc) is 2.48. The molecule has 0 saturated heterocycles. The standard InChI is InChI=1S/C15H15ClN2O5S2/c16-12-3-1-11(2-4-12)9-24(20,21)10-15(19)18-13-5-7-14(8-6-13)25(17,22)23/h1-8H,9-10H2,(H,18,19)(H2,17,22,23). The maximum Gasteiger partial charge on any atom is 0.239 e. The minimum atomic E-state index is -3.83. The van der Waals surface area contributed by atoms with E-state index in [1.807, 2.05) is 0 Å². The smallest absolute Gasteiger partial charge is 0.239 e. The van der Waals surface area contributed by atoms with Crippen molar-refractivity contribution in [2.75, 3.05) is 11.1 Å². The van der Waals surface area contributed by atoms with Gasteiger partial charge in [0.15, 0.2) is 9.84 Å². The fourth-order valence-electron chi connectivity index (χ4n) is 2.01. The summed E-state index contributed by atoms with van der Waals surface area (Å²) in [5.41, 5.74) is 0.786. The molecule has 2 aromatic carbocycles. The Morgan fingerprint density at radius 2 is 1.52 bits per heavy atom. The Morgan fingerprint density at radius 1 is 0.960 bits per heavy atom. The number of sulfonamides is 1. The summed E-state index contributed by atoms with van der Waals surface area (Å²) in [6.45, 7) is 0. The SMILES string of the molecule is NS(=O)(=O)c1ccc(NC(=O)CS(=O)(=O)Cc2ccc(Cl)cc2)cc1. The Bertz CT molecular complexity index is 970. The number of halogens is 1. The van der Waals surface area contributed by atoms with Crippen LogP contribution in [0.3, 0.4) is 0 Å². The summed E-state index contributed by atoms with van der Waals surface area (Å²) in [5.74, 6) is -1.72. The Labute approximate surface area is 150 Å². The molecule has 0 aliphatic rings. The minimum Gasteiger partial charge on any atom is -0.325 e. The molecule has 2 rings (SSSR count). The van der Waals surface area contributed by atoms with E-state index in [4.69, 9.17) is 16.7 Å². The lowest BCUT2D eigenvalue weighted by Crippen LogP contribution is -2.24. The van der Waals surface area contributed by atoms with E-state index in [0.717, 1.165) is 0 Å². The van der Waals surface area contributed by atoms with Gasteiger partial charge in [-0.25, -0.2) is 22.0 Å². The van der Waals surface area contributed by atoms with Crippen LogP contribution in [0.2, 0.25) is 5.02 Å². The number of primary sulfonamides is 1. The molecular weight excluding hydrogens is 388 g/mol. The zero-order valence-electron chi connectivity index (χ0n) is 12.8. The molecule has 25 heavy (non-hydrogen) atoms. The second-order valence-corrected chi connectivity index (χ2v) is 9.34. The molecule has 10 heteroatoms. The van der Waals surface area contributed by atoms with Crippen molar-refractivity contribution in [3.8, 4) is 0 Å². The monoisotopic (exact) mass is 402 g/mol. The summed E-state index contributed by atoms with van der Waals surface area (Å²) >= 11 is 5.74. The quantitative estimate of drug-likeness (QED) is 0.758. The largest absolute Gasteiger partial charge is 0.325 e. The van der Waals surface area contributed by atoms with Gasteiger partial charge in [-0.1, -0.05) is 23.7 Å². The number of benzene rings is 2. The molecule has 0 fully saturated rings. The molecule has 0 aliphatic heterocycles. The van der Waals surface area contributed by atoms with Crippen molar-refractivity contribution in [2.24, 2.45) is 5.14 Å². The highest BCUT2D eigenvalue weighted by Gasteiger charge is 2.18. The van der Waals surface area contributed by atoms with Gasteiger partial charge in [-0.15, -0.1) is 0 Å². The second kappa shape index (κ2) is 7.52. The van der Waals surface area contributed by atoms with Gasteiger partial charge >= 0.3 is 0 Å². The first-order valence-electron chi connectivity index (χ1n) is 6.93. The van der Waals surface area contributed by atoms with Gasteiger partial charge < -0.3 is 5.32 Å². The number of nitrogens with one attached hydrogen (secondary N) is 1. The van der Waals surface area contributed by atoms with Gasteiger partial charge in [0.05, 0.1) is 10.6 Å². The van der Waals surface area contributed by atoms with Crippen LogP contribution in [0.15, 0.2) is 53.4 Å². The molecule has 0 atom stereocenters. The number of amides is 1. The molecule has 7 nitrogen and oxygen atoms in total. The summed E-state index contributed by atoms with van der Waals surface area (Å²) in [5, 5.41) is 7.86. The first-order chi connectivity index (χ1) is 11.5. The van der Waals surface area contributed by atoms with Crippen molar-refractivity contribution < 1.29 is 21.6 Å². The Kier molecular flexibility index (Phi) is 5.83. The molecule has 134 valence electrons. The predicted molar refractivity (Wildman–Crippen MR) is 95.4 cm³/mol. The molecule has 3 N–H and O–H groups in total.